The van der Waals surface area contributed by atoms with Crippen LogP contribution in [0.25, 0.3) is 0 Å². The second kappa shape index (κ2) is 4.73. The molecule has 0 heterocycles. The van der Waals surface area contributed by atoms with Gasteiger partial charge in [0.25, 0.3) is 0 Å². The first-order chi connectivity index (χ1) is 7.19. The molecule has 1 saturated carbocycles. The molecule has 0 aliphatic heterocycles. The van der Waals surface area contributed by atoms with Gasteiger partial charge in [0.1, 0.15) is 0 Å². The highest BCUT2D eigenvalue weighted by molar-refractivity contribution is 9.10. The number of hydrogen-bond donors (Lipinski definition) is 1. The first-order valence-electron chi connectivity index (χ1n) is 4.93. The first kappa shape index (κ1) is 11.2. The number of ether oxygens (including phenoxy) is 1. The number of rotatable bonds is 3. The summed E-state index contributed by atoms with van der Waals surface area (Å²) in [6, 6.07) is 6.30. The van der Waals surface area contributed by atoms with Gasteiger partial charge < -0.3 is 10.1 Å². The summed E-state index contributed by atoms with van der Waals surface area (Å²) < 4.78 is 6.24. The van der Waals surface area contributed by atoms with Crippen molar-refractivity contribution in [2.24, 2.45) is 0 Å². The van der Waals surface area contributed by atoms with Crippen molar-refractivity contribution in [1.29, 1.82) is 0 Å². The summed E-state index contributed by atoms with van der Waals surface area (Å²) in [5.41, 5.74) is 1.10. The molecule has 0 unspecified atom stereocenters. The molecule has 1 aromatic rings. The highest BCUT2D eigenvalue weighted by Gasteiger charge is 2.28. The Morgan fingerprint density at radius 2 is 2.20 bits per heavy atom. The van der Waals surface area contributed by atoms with Crippen LogP contribution < -0.4 is 5.32 Å². The Balaban J connectivity index is 1.94. The molecule has 2 rings (SSSR count). The van der Waals surface area contributed by atoms with Crippen molar-refractivity contribution >= 4 is 33.2 Å². The normalized spacial score (nSPS) is 24.7. The molecule has 0 bridgehead atoms. The van der Waals surface area contributed by atoms with Gasteiger partial charge in [0.2, 0.25) is 0 Å². The van der Waals surface area contributed by atoms with Crippen LogP contribution >= 0.6 is 27.5 Å². The second-order valence-corrected chi connectivity index (χ2v) is 5.09. The number of halogens is 2. The topological polar surface area (TPSA) is 21.3 Å². The zero-order valence-corrected chi connectivity index (χ0v) is 10.8. The molecule has 1 fully saturated rings. The SMILES string of the molecule is COC1CC(Nc2ccc(Cl)cc2Br)C1. The smallest absolute Gasteiger partial charge is 0.0610 e. The van der Waals surface area contributed by atoms with Crippen molar-refractivity contribution < 1.29 is 4.74 Å². The van der Waals surface area contributed by atoms with Crippen LogP contribution in [0.4, 0.5) is 5.69 Å². The van der Waals surface area contributed by atoms with E-state index >= 15 is 0 Å². The zero-order chi connectivity index (χ0) is 10.8. The molecular formula is C11H13BrClNO. The lowest BCUT2D eigenvalue weighted by molar-refractivity contribution is 0.0328. The Morgan fingerprint density at radius 1 is 1.47 bits per heavy atom. The minimum Gasteiger partial charge on any atom is -0.381 e. The van der Waals surface area contributed by atoms with Crippen LogP contribution in [0.1, 0.15) is 12.8 Å². The third-order valence-corrected chi connectivity index (χ3v) is 3.61. The molecular weight excluding hydrogens is 277 g/mol. The summed E-state index contributed by atoms with van der Waals surface area (Å²) in [5, 5.41) is 4.20. The summed E-state index contributed by atoms with van der Waals surface area (Å²) in [5.74, 6) is 0. The van der Waals surface area contributed by atoms with Gasteiger partial charge in [-0.15, -0.1) is 0 Å². The Labute approximate surface area is 103 Å². The van der Waals surface area contributed by atoms with Crippen LogP contribution in [-0.2, 0) is 4.74 Å². The number of benzene rings is 1. The largest absolute Gasteiger partial charge is 0.381 e. The maximum Gasteiger partial charge on any atom is 0.0610 e. The summed E-state index contributed by atoms with van der Waals surface area (Å²) >= 11 is 9.35. The molecule has 1 aliphatic rings. The van der Waals surface area contributed by atoms with E-state index in [1.807, 2.05) is 18.2 Å². The van der Waals surface area contributed by atoms with Crippen molar-refractivity contribution in [2.75, 3.05) is 12.4 Å². The average molecular weight is 291 g/mol. The van der Waals surface area contributed by atoms with Crippen molar-refractivity contribution in [3.8, 4) is 0 Å². The number of anilines is 1. The van der Waals surface area contributed by atoms with Crippen molar-refractivity contribution in [3.05, 3.63) is 27.7 Å². The van der Waals surface area contributed by atoms with E-state index in [-0.39, 0.29) is 0 Å². The Hall–Kier alpha value is -0.250. The van der Waals surface area contributed by atoms with Gasteiger partial charge in [-0.3, -0.25) is 0 Å². The first-order valence-corrected chi connectivity index (χ1v) is 6.10. The van der Waals surface area contributed by atoms with Gasteiger partial charge in [-0.05, 0) is 47.0 Å². The maximum absolute atomic E-state index is 5.87. The van der Waals surface area contributed by atoms with Crippen molar-refractivity contribution in [2.45, 2.75) is 25.0 Å². The fourth-order valence-corrected chi connectivity index (χ4v) is 2.50. The number of hydrogen-bond acceptors (Lipinski definition) is 2. The standard InChI is InChI=1S/C11H13BrClNO/c1-15-9-5-8(6-9)14-11-3-2-7(13)4-10(11)12/h2-4,8-9,14H,5-6H2,1H3. The molecule has 1 aromatic carbocycles. The van der Waals surface area contributed by atoms with Gasteiger partial charge in [-0.1, -0.05) is 11.6 Å². The Kier molecular flexibility index (Phi) is 3.54. The number of methoxy groups -OCH3 is 1. The fourth-order valence-electron chi connectivity index (χ4n) is 1.70. The molecule has 82 valence electrons. The summed E-state index contributed by atoms with van der Waals surface area (Å²) in [6.07, 6.45) is 2.57. The van der Waals surface area contributed by atoms with Crippen LogP contribution in [-0.4, -0.2) is 19.3 Å². The minimum absolute atomic E-state index is 0.425. The molecule has 0 aromatic heterocycles. The van der Waals surface area contributed by atoms with E-state index in [2.05, 4.69) is 21.2 Å². The highest BCUT2D eigenvalue weighted by Crippen LogP contribution is 2.31. The second-order valence-electron chi connectivity index (χ2n) is 3.79. The van der Waals surface area contributed by atoms with Crippen molar-refractivity contribution in [1.82, 2.24) is 0 Å². The fraction of sp³-hybridized carbons (Fsp3) is 0.455. The summed E-state index contributed by atoms with van der Waals surface area (Å²) in [6.45, 7) is 0. The van der Waals surface area contributed by atoms with Crippen LogP contribution in [0.3, 0.4) is 0 Å². The summed E-state index contributed by atoms with van der Waals surface area (Å²) in [4.78, 5) is 0. The van der Waals surface area contributed by atoms with E-state index in [9.17, 15) is 0 Å². The molecule has 4 heteroatoms. The monoisotopic (exact) mass is 289 g/mol. The van der Waals surface area contributed by atoms with Gasteiger partial charge in [-0.25, -0.2) is 0 Å². The lowest BCUT2D eigenvalue weighted by Gasteiger charge is -2.35. The van der Waals surface area contributed by atoms with E-state index in [1.54, 1.807) is 7.11 Å². The lowest BCUT2D eigenvalue weighted by atomic mass is 9.89. The van der Waals surface area contributed by atoms with Crippen LogP contribution in [0.2, 0.25) is 5.02 Å². The van der Waals surface area contributed by atoms with Gasteiger partial charge >= 0.3 is 0 Å². The molecule has 1 N–H and O–H groups in total. The zero-order valence-electron chi connectivity index (χ0n) is 8.47. The van der Waals surface area contributed by atoms with Crippen LogP contribution in [0.5, 0.6) is 0 Å². The van der Waals surface area contributed by atoms with E-state index in [1.165, 1.54) is 0 Å². The predicted molar refractivity (Wildman–Crippen MR) is 66.6 cm³/mol. The van der Waals surface area contributed by atoms with E-state index in [4.69, 9.17) is 16.3 Å². The third-order valence-electron chi connectivity index (χ3n) is 2.72. The quantitative estimate of drug-likeness (QED) is 0.916. The molecule has 15 heavy (non-hydrogen) atoms. The third kappa shape index (κ3) is 2.65. The Morgan fingerprint density at radius 3 is 2.80 bits per heavy atom. The van der Waals surface area contributed by atoms with E-state index in [0.717, 1.165) is 28.0 Å². The highest BCUT2D eigenvalue weighted by atomic mass is 79.9. The molecule has 0 radical (unpaired) electrons. The van der Waals surface area contributed by atoms with E-state index in [0.29, 0.717) is 12.1 Å². The van der Waals surface area contributed by atoms with Gasteiger partial charge in [0.05, 0.1) is 6.10 Å². The van der Waals surface area contributed by atoms with Gasteiger partial charge in [0, 0.05) is 28.3 Å². The molecule has 0 spiro atoms. The molecule has 2 nitrogen and oxygen atoms in total. The average Bonchev–Trinajstić information content (AvgIpc) is 2.13. The lowest BCUT2D eigenvalue weighted by Crippen LogP contribution is -2.40. The molecule has 0 saturated heterocycles. The molecule has 0 atom stereocenters. The number of nitrogens with one attached hydrogen (secondary N) is 1. The minimum atomic E-state index is 0.425. The van der Waals surface area contributed by atoms with Crippen molar-refractivity contribution in [3.63, 3.8) is 0 Å². The van der Waals surface area contributed by atoms with Crippen LogP contribution in [0.15, 0.2) is 22.7 Å². The van der Waals surface area contributed by atoms with E-state index < -0.39 is 0 Å². The predicted octanol–water partition coefficient (Wildman–Crippen LogP) is 3.69. The van der Waals surface area contributed by atoms with Gasteiger partial charge in [0.15, 0.2) is 0 Å². The van der Waals surface area contributed by atoms with Gasteiger partial charge in [-0.2, -0.15) is 0 Å². The Bertz CT molecular complexity index is 352. The summed E-state index contributed by atoms with van der Waals surface area (Å²) in [7, 11) is 1.76. The maximum atomic E-state index is 5.87. The molecule has 1 aliphatic carbocycles. The molecule has 0 amide bonds. The van der Waals surface area contributed by atoms with Crippen LogP contribution in [0, 0.1) is 0 Å².